The van der Waals surface area contributed by atoms with E-state index in [0.717, 1.165) is 40.2 Å². The van der Waals surface area contributed by atoms with Gasteiger partial charge in [-0.3, -0.25) is 9.55 Å². The van der Waals surface area contributed by atoms with E-state index in [1.54, 1.807) is 31.3 Å². The van der Waals surface area contributed by atoms with E-state index in [2.05, 4.69) is 26.7 Å². The van der Waals surface area contributed by atoms with Gasteiger partial charge in [-0.15, -0.1) is 10.2 Å². The maximum absolute atomic E-state index is 5.26. The zero-order chi connectivity index (χ0) is 16.8. The summed E-state index contributed by atoms with van der Waals surface area (Å²) in [6.07, 6.45) is 5.87. The van der Waals surface area contributed by atoms with E-state index in [0.29, 0.717) is 0 Å². The average Bonchev–Trinajstić information content (AvgIpc) is 3.06. The molecule has 0 radical (unpaired) electrons. The Balaban J connectivity index is 2.03. The maximum Gasteiger partial charge on any atom is 0.196 e. The molecule has 3 aromatic rings. The molecule has 0 amide bonds. The smallest absolute Gasteiger partial charge is 0.196 e. The fourth-order valence-electron chi connectivity index (χ4n) is 2.32. The normalized spacial score (nSPS) is 10.8. The summed E-state index contributed by atoms with van der Waals surface area (Å²) in [4.78, 5) is 4.08. The number of aromatic nitrogens is 4. The average molecular weight is 340 g/mol. The van der Waals surface area contributed by atoms with Gasteiger partial charge >= 0.3 is 0 Å². The van der Waals surface area contributed by atoms with E-state index in [1.165, 1.54) is 6.42 Å². The van der Waals surface area contributed by atoms with Gasteiger partial charge in [-0.25, -0.2) is 0 Å². The molecule has 2 aromatic heterocycles. The second-order valence-electron chi connectivity index (χ2n) is 5.28. The van der Waals surface area contributed by atoms with E-state index in [4.69, 9.17) is 4.74 Å². The highest BCUT2D eigenvalue weighted by Crippen LogP contribution is 2.29. The SMILES string of the molecule is CCCCSc1nnc(-c2ccncc2)n1-c1ccc(OC)cc1. The molecule has 124 valence electrons. The van der Waals surface area contributed by atoms with Crippen LogP contribution < -0.4 is 4.74 Å². The maximum atomic E-state index is 5.26. The van der Waals surface area contributed by atoms with Crippen molar-refractivity contribution in [2.75, 3.05) is 12.9 Å². The van der Waals surface area contributed by atoms with Crippen LogP contribution in [0.3, 0.4) is 0 Å². The molecule has 1 aromatic carbocycles. The van der Waals surface area contributed by atoms with Crippen molar-refractivity contribution in [2.45, 2.75) is 24.9 Å². The molecular formula is C18H20N4OS. The summed E-state index contributed by atoms with van der Waals surface area (Å²) in [6.45, 7) is 2.19. The van der Waals surface area contributed by atoms with Crippen LogP contribution in [0.2, 0.25) is 0 Å². The third kappa shape index (κ3) is 3.59. The molecule has 0 aliphatic carbocycles. The van der Waals surface area contributed by atoms with Crippen LogP contribution in [0.25, 0.3) is 17.1 Å². The number of rotatable bonds is 7. The number of pyridine rings is 1. The Morgan fingerprint density at radius 3 is 2.46 bits per heavy atom. The summed E-state index contributed by atoms with van der Waals surface area (Å²) in [5, 5.41) is 9.73. The van der Waals surface area contributed by atoms with Gasteiger partial charge in [0.15, 0.2) is 11.0 Å². The standard InChI is InChI=1S/C18H20N4OS/c1-3-4-13-24-18-21-20-17(14-9-11-19-12-10-14)22(18)15-5-7-16(23-2)8-6-15/h5-12H,3-4,13H2,1-2H3. The summed E-state index contributed by atoms with van der Waals surface area (Å²) in [5.74, 6) is 2.68. The highest BCUT2D eigenvalue weighted by molar-refractivity contribution is 7.99. The molecule has 0 spiro atoms. The molecule has 24 heavy (non-hydrogen) atoms. The molecule has 5 nitrogen and oxygen atoms in total. The van der Waals surface area contributed by atoms with Crippen LogP contribution in [-0.4, -0.2) is 32.6 Å². The second kappa shape index (κ2) is 7.97. The molecule has 0 N–H and O–H groups in total. The van der Waals surface area contributed by atoms with Crippen molar-refractivity contribution in [1.29, 1.82) is 0 Å². The zero-order valence-corrected chi connectivity index (χ0v) is 14.7. The van der Waals surface area contributed by atoms with E-state index in [-0.39, 0.29) is 0 Å². The Labute approximate surface area is 146 Å². The second-order valence-corrected chi connectivity index (χ2v) is 6.34. The summed E-state index contributed by atoms with van der Waals surface area (Å²) in [6, 6.07) is 11.8. The number of hydrogen-bond acceptors (Lipinski definition) is 5. The van der Waals surface area contributed by atoms with E-state index >= 15 is 0 Å². The van der Waals surface area contributed by atoms with Crippen molar-refractivity contribution in [1.82, 2.24) is 19.7 Å². The van der Waals surface area contributed by atoms with Gasteiger partial charge in [0.25, 0.3) is 0 Å². The molecule has 2 heterocycles. The Morgan fingerprint density at radius 1 is 1.04 bits per heavy atom. The molecule has 0 unspecified atom stereocenters. The zero-order valence-electron chi connectivity index (χ0n) is 13.8. The van der Waals surface area contributed by atoms with Crippen molar-refractivity contribution in [3.05, 3.63) is 48.8 Å². The molecular weight excluding hydrogens is 320 g/mol. The number of thioether (sulfide) groups is 1. The topological polar surface area (TPSA) is 52.8 Å². The van der Waals surface area contributed by atoms with Gasteiger partial charge in [0.2, 0.25) is 0 Å². The lowest BCUT2D eigenvalue weighted by molar-refractivity contribution is 0.414. The van der Waals surface area contributed by atoms with Crippen molar-refractivity contribution < 1.29 is 4.74 Å². The fraction of sp³-hybridized carbons (Fsp3) is 0.278. The van der Waals surface area contributed by atoms with Gasteiger partial charge in [-0.1, -0.05) is 25.1 Å². The lowest BCUT2D eigenvalue weighted by atomic mass is 10.2. The number of benzene rings is 1. The van der Waals surface area contributed by atoms with Crippen molar-refractivity contribution in [3.8, 4) is 22.8 Å². The lowest BCUT2D eigenvalue weighted by Gasteiger charge is -2.11. The summed E-state index contributed by atoms with van der Waals surface area (Å²) in [7, 11) is 1.67. The van der Waals surface area contributed by atoms with Gasteiger partial charge in [0, 0.05) is 29.4 Å². The predicted octanol–water partition coefficient (Wildman–Crippen LogP) is 4.23. The van der Waals surface area contributed by atoms with Gasteiger partial charge in [-0.05, 0) is 42.8 Å². The molecule has 0 saturated carbocycles. The first kappa shape index (κ1) is 16.5. The van der Waals surface area contributed by atoms with Crippen LogP contribution in [0.5, 0.6) is 5.75 Å². The number of ether oxygens (including phenoxy) is 1. The van der Waals surface area contributed by atoms with Gasteiger partial charge in [0.1, 0.15) is 5.75 Å². The van der Waals surface area contributed by atoms with Crippen LogP contribution in [0.4, 0.5) is 0 Å². The predicted molar refractivity (Wildman–Crippen MR) is 96.8 cm³/mol. The van der Waals surface area contributed by atoms with Crippen LogP contribution >= 0.6 is 11.8 Å². The fourth-order valence-corrected chi connectivity index (χ4v) is 3.36. The van der Waals surface area contributed by atoms with E-state index < -0.39 is 0 Å². The van der Waals surface area contributed by atoms with Crippen LogP contribution in [-0.2, 0) is 0 Å². The first-order valence-electron chi connectivity index (χ1n) is 7.96. The number of hydrogen-bond donors (Lipinski definition) is 0. The molecule has 0 aliphatic rings. The Kier molecular flexibility index (Phi) is 5.48. The summed E-state index contributed by atoms with van der Waals surface area (Å²) in [5.41, 5.74) is 2.02. The lowest BCUT2D eigenvalue weighted by Crippen LogP contribution is -2.00. The van der Waals surface area contributed by atoms with Gasteiger partial charge in [-0.2, -0.15) is 0 Å². The molecule has 6 heteroatoms. The summed E-state index contributed by atoms with van der Waals surface area (Å²) < 4.78 is 7.35. The van der Waals surface area contributed by atoms with Gasteiger partial charge < -0.3 is 4.74 Å². The largest absolute Gasteiger partial charge is 0.497 e. The summed E-state index contributed by atoms with van der Waals surface area (Å²) >= 11 is 1.73. The monoisotopic (exact) mass is 340 g/mol. The highest BCUT2D eigenvalue weighted by Gasteiger charge is 2.16. The molecule has 0 aliphatic heterocycles. The van der Waals surface area contributed by atoms with E-state index in [1.807, 2.05) is 36.4 Å². The number of methoxy groups -OCH3 is 1. The molecule has 3 rings (SSSR count). The molecule has 0 saturated heterocycles. The number of unbranched alkanes of at least 4 members (excludes halogenated alkanes) is 1. The Morgan fingerprint density at radius 2 is 1.79 bits per heavy atom. The van der Waals surface area contributed by atoms with Crippen molar-refractivity contribution in [2.24, 2.45) is 0 Å². The van der Waals surface area contributed by atoms with E-state index in [9.17, 15) is 0 Å². The quantitative estimate of drug-likeness (QED) is 0.476. The minimum absolute atomic E-state index is 0.821. The Bertz CT molecular complexity index is 771. The molecule has 0 fully saturated rings. The van der Waals surface area contributed by atoms with Crippen LogP contribution in [0.15, 0.2) is 53.9 Å². The number of nitrogens with zero attached hydrogens (tertiary/aromatic N) is 4. The van der Waals surface area contributed by atoms with Crippen LogP contribution in [0, 0.1) is 0 Å². The minimum atomic E-state index is 0.821. The molecule has 0 atom stereocenters. The van der Waals surface area contributed by atoms with Crippen molar-refractivity contribution >= 4 is 11.8 Å². The third-order valence-corrected chi connectivity index (χ3v) is 4.65. The van der Waals surface area contributed by atoms with Gasteiger partial charge in [0.05, 0.1) is 7.11 Å². The van der Waals surface area contributed by atoms with Crippen LogP contribution in [0.1, 0.15) is 19.8 Å². The third-order valence-electron chi connectivity index (χ3n) is 3.63. The highest BCUT2D eigenvalue weighted by atomic mass is 32.2. The Hall–Kier alpha value is -2.34. The first-order valence-corrected chi connectivity index (χ1v) is 8.95. The van der Waals surface area contributed by atoms with Crippen molar-refractivity contribution in [3.63, 3.8) is 0 Å². The first-order chi connectivity index (χ1) is 11.8. The molecule has 0 bridgehead atoms. The minimum Gasteiger partial charge on any atom is -0.497 e.